The summed E-state index contributed by atoms with van der Waals surface area (Å²) in [5.74, 6) is -0.383. The molecule has 1 heterocycles. The Morgan fingerprint density at radius 1 is 1.35 bits per heavy atom. The van der Waals surface area contributed by atoms with Crippen LogP contribution in [0.5, 0.6) is 0 Å². The molecule has 1 atom stereocenters. The number of ketones is 1. The van der Waals surface area contributed by atoms with E-state index in [1.165, 1.54) is 24.3 Å². The summed E-state index contributed by atoms with van der Waals surface area (Å²) in [6.07, 6.45) is 0. The van der Waals surface area contributed by atoms with Crippen molar-refractivity contribution < 1.29 is 9.18 Å². The molecule has 0 bridgehead atoms. The third kappa shape index (κ3) is 2.82. The van der Waals surface area contributed by atoms with E-state index in [1.807, 2.05) is 18.4 Å². The Balaban J connectivity index is 2.23. The van der Waals surface area contributed by atoms with Crippen LogP contribution in [-0.2, 0) is 0 Å². The first-order valence-electron chi connectivity index (χ1n) is 5.07. The van der Waals surface area contributed by atoms with Crippen molar-refractivity contribution in [2.45, 2.75) is 11.8 Å². The summed E-state index contributed by atoms with van der Waals surface area (Å²) in [5, 5.41) is 2.00. The van der Waals surface area contributed by atoms with E-state index >= 15 is 0 Å². The molecule has 0 spiro atoms. The van der Waals surface area contributed by atoms with Gasteiger partial charge in [-0.3, -0.25) is 4.79 Å². The van der Waals surface area contributed by atoms with Crippen LogP contribution in [0, 0.1) is 12.7 Å². The molecule has 0 aliphatic rings. The fourth-order valence-electron chi connectivity index (χ4n) is 1.48. The average molecular weight is 313 g/mol. The van der Waals surface area contributed by atoms with Gasteiger partial charge in [0.2, 0.25) is 0 Å². The van der Waals surface area contributed by atoms with Gasteiger partial charge in [-0.15, -0.1) is 11.3 Å². The lowest BCUT2D eigenvalue weighted by molar-refractivity contribution is 0.0992. The van der Waals surface area contributed by atoms with E-state index in [0.717, 1.165) is 10.4 Å². The fourth-order valence-corrected chi connectivity index (χ4v) is 3.07. The maximum absolute atomic E-state index is 12.8. The van der Waals surface area contributed by atoms with E-state index in [9.17, 15) is 9.18 Å². The van der Waals surface area contributed by atoms with Crippen LogP contribution >= 0.6 is 27.3 Å². The Morgan fingerprint density at radius 2 is 2.00 bits per heavy atom. The van der Waals surface area contributed by atoms with Gasteiger partial charge in [-0.1, -0.05) is 15.9 Å². The molecule has 0 saturated heterocycles. The molecule has 4 heteroatoms. The molecule has 1 unspecified atom stereocenters. The molecule has 2 rings (SSSR count). The van der Waals surface area contributed by atoms with E-state index in [-0.39, 0.29) is 16.4 Å². The number of halogens is 2. The summed E-state index contributed by atoms with van der Waals surface area (Å²) in [7, 11) is 0. The SMILES string of the molecule is Cc1csc(C(Br)C(=O)c2ccc(F)cc2)c1. The van der Waals surface area contributed by atoms with Crippen molar-refractivity contribution in [3.05, 3.63) is 57.5 Å². The van der Waals surface area contributed by atoms with E-state index in [0.29, 0.717) is 5.56 Å². The van der Waals surface area contributed by atoms with Crippen LogP contribution in [0.1, 0.15) is 25.6 Å². The molecule has 0 amide bonds. The fraction of sp³-hybridized carbons (Fsp3) is 0.154. The summed E-state index contributed by atoms with van der Waals surface area (Å²) in [4.78, 5) is 12.7. The topological polar surface area (TPSA) is 17.1 Å². The van der Waals surface area contributed by atoms with E-state index in [1.54, 1.807) is 11.3 Å². The van der Waals surface area contributed by atoms with Crippen LogP contribution in [0.15, 0.2) is 35.7 Å². The highest BCUT2D eigenvalue weighted by atomic mass is 79.9. The van der Waals surface area contributed by atoms with Crippen LogP contribution in [0.25, 0.3) is 0 Å². The van der Waals surface area contributed by atoms with Crippen molar-refractivity contribution in [2.24, 2.45) is 0 Å². The van der Waals surface area contributed by atoms with Gasteiger partial charge in [0, 0.05) is 10.4 Å². The number of carbonyl (C=O) groups excluding carboxylic acids is 1. The molecule has 0 saturated carbocycles. The van der Waals surface area contributed by atoms with E-state index < -0.39 is 0 Å². The van der Waals surface area contributed by atoms with Crippen molar-refractivity contribution in [3.63, 3.8) is 0 Å². The van der Waals surface area contributed by atoms with Gasteiger partial charge >= 0.3 is 0 Å². The first kappa shape index (κ1) is 12.5. The highest BCUT2D eigenvalue weighted by molar-refractivity contribution is 9.09. The smallest absolute Gasteiger partial charge is 0.181 e. The van der Waals surface area contributed by atoms with Crippen molar-refractivity contribution in [2.75, 3.05) is 0 Å². The lowest BCUT2D eigenvalue weighted by Crippen LogP contribution is -2.05. The monoisotopic (exact) mass is 312 g/mol. The van der Waals surface area contributed by atoms with Gasteiger partial charge in [-0.25, -0.2) is 4.39 Å². The zero-order chi connectivity index (χ0) is 12.4. The summed E-state index contributed by atoms with van der Waals surface area (Å²) >= 11 is 4.93. The predicted molar refractivity (Wildman–Crippen MR) is 71.5 cm³/mol. The van der Waals surface area contributed by atoms with Gasteiger partial charge in [0.05, 0.1) is 0 Å². The minimum Gasteiger partial charge on any atom is -0.292 e. The molecule has 0 fully saturated rings. The van der Waals surface area contributed by atoms with Crippen LogP contribution < -0.4 is 0 Å². The molecule has 88 valence electrons. The van der Waals surface area contributed by atoms with Gasteiger partial charge in [0.15, 0.2) is 5.78 Å². The Morgan fingerprint density at radius 3 is 2.53 bits per heavy atom. The quantitative estimate of drug-likeness (QED) is 0.602. The zero-order valence-corrected chi connectivity index (χ0v) is 11.5. The van der Waals surface area contributed by atoms with Gasteiger partial charge in [-0.2, -0.15) is 0 Å². The number of hydrogen-bond donors (Lipinski definition) is 0. The number of hydrogen-bond acceptors (Lipinski definition) is 2. The molecule has 0 aliphatic carbocycles. The molecular formula is C13H10BrFOS. The van der Waals surface area contributed by atoms with Gasteiger partial charge in [-0.05, 0) is 48.2 Å². The molecule has 0 aliphatic heterocycles. The molecule has 17 heavy (non-hydrogen) atoms. The van der Waals surface area contributed by atoms with Crippen molar-refractivity contribution in [1.29, 1.82) is 0 Å². The van der Waals surface area contributed by atoms with Gasteiger partial charge in [0.1, 0.15) is 10.6 Å². The normalized spacial score (nSPS) is 12.4. The zero-order valence-electron chi connectivity index (χ0n) is 9.11. The number of alkyl halides is 1. The summed E-state index contributed by atoms with van der Waals surface area (Å²) in [6.45, 7) is 1.99. The van der Waals surface area contributed by atoms with Crippen molar-refractivity contribution >= 4 is 33.0 Å². The maximum Gasteiger partial charge on any atom is 0.181 e. The second-order valence-corrected chi connectivity index (χ2v) is 5.62. The van der Waals surface area contributed by atoms with E-state index in [2.05, 4.69) is 15.9 Å². The highest BCUT2D eigenvalue weighted by Crippen LogP contribution is 2.31. The average Bonchev–Trinajstić information content (AvgIpc) is 2.75. The number of aryl methyl sites for hydroxylation is 1. The van der Waals surface area contributed by atoms with Crippen LogP contribution in [-0.4, -0.2) is 5.78 Å². The lowest BCUT2D eigenvalue weighted by atomic mass is 10.1. The molecule has 1 aromatic heterocycles. The maximum atomic E-state index is 12.8. The first-order valence-corrected chi connectivity index (χ1v) is 6.86. The summed E-state index contributed by atoms with van der Waals surface area (Å²) in [5.41, 5.74) is 1.65. The number of benzene rings is 1. The largest absolute Gasteiger partial charge is 0.292 e. The summed E-state index contributed by atoms with van der Waals surface area (Å²) < 4.78 is 12.8. The van der Waals surface area contributed by atoms with Crippen LogP contribution in [0.3, 0.4) is 0 Å². The summed E-state index contributed by atoms with van der Waals surface area (Å²) in [6, 6.07) is 7.59. The molecule has 2 aromatic rings. The van der Waals surface area contributed by atoms with Crippen LogP contribution in [0.4, 0.5) is 4.39 Å². The Hall–Kier alpha value is -1.00. The van der Waals surface area contributed by atoms with Crippen molar-refractivity contribution in [3.8, 4) is 0 Å². The van der Waals surface area contributed by atoms with Crippen molar-refractivity contribution in [1.82, 2.24) is 0 Å². The van der Waals surface area contributed by atoms with Gasteiger partial charge < -0.3 is 0 Å². The Bertz CT molecular complexity index is 533. The Kier molecular flexibility index (Phi) is 3.74. The molecule has 0 N–H and O–H groups in total. The lowest BCUT2D eigenvalue weighted by Gasteiger charge is -2.06. The second-order valence-electron chi connectivity index (χ2n) is 3.76. The molecule has 0 radical (unpaired) electrons. The van der Waals surface area contributed by atoms with Gasteiger partial charge in [0.25, 0.3) is 0 Å². The number of rotatable bonds is 3. The predicted octanol–water partition coefficient (Wildman–Crippen LogP) is 4.51. The molecule has 1 aromatic carbocycles. The van der Waals surface area contributed by atoms with Crippen LogP contribution in [0.2, 0.25) is 0 Å². The second kappa shape index (κ2) is 5.10. The minimum atomic E-state index is -0.355. The molecular weight excluding hydrogens is 303 g/mol. The standard InChI is InChI=1S/C13H10BrFOS/c1-8-6-11(17-7-8)12(14)13(16)9-2-4-10(15)5-3-9/h2-7,12H,1H3. The van der Waals surface area contributed by atoms with E-state index in [4.69, 9.17) is 0 Å². The Labute approximate surface area is 111 Å². The molecule has 1 nitrogen and oxygen atoms in total. The highest BCUT2D eigenvalue weighted by Gasteiger charge is 2.20. The minimum absolute atomic E-state index is 0.0492. The third-order valence-electron chi connectivity index (χ3n) is 2.36. The third-order valence-corrected chi connectivity index (χ3v) is 4.69. The first-order chi connectivity index (χ1) is 8.08. The number of carbonyl (C=O) groups is 1. The number of Topliss-reactive ketones (excluding diaryl/α,β-unsaturated/α-hetero) is 1. The number of thiophene rings is 1.